The molecule has 0 atom stereocenters. The zero-order valence-corrected chi connectivity index (χ0v) is 15.1. The van der Waals surface area contributed by atoms with E-state index in [4.69, 9.17) is 4.74 Å². The van der Waals surface area contributed by atoms with Crippen molar-refractivity contribution in [2.75, 3.05) is 7.11 Å². The van der Waals surface area contributed by atoms with Crippen molar-refractivity contribution in [3.05, 3.63) is 107 Å². The molecule has 27 heavy (non-hydrogen) atoms. The van der Waals surface area contributed by atoms with Crippen LogP contribution in [0.5, 0.6) is 0 Å². The lowest BCUT2D eigenvalue weighted by atomic mass is 9.90. The SMILES string of the molecule is COC(=O)c1ccc(CNC(=O)C(c2ccccc2)c2ccccc2)cc1. The molecule has 3 rings (SSSR count). The van der Waals surface area contributed by atoms with Gasteiger partial charge in [-0.2, -0.15) is 0 Å². The predicted molar refractivity (Wildman–Crippen MR) is 104 cm³/mol. The fourth-order valence-electron chi connectivity index (χ4n) is 2.95. The second-order valence-electron chi connectivity index (χ2n) is 6.16. The van der Waals surface area contributed by atoms with Crippen LogP contribution >= 0.6 is 0 Å². The Hall–Kier alpha value is -3.40. The first-order valence-electron chi connectivity index (χ1n) is 8.74. The normalized spacial score (nSPS) is 10.4. The molecule has 1 N–H and O–H groups in total. The summed E-state index contributed by atoms with van der Waals surface area (Å²) >= 11 is 0. The van der Waals surface area contributed by atoms with Crippen molar-refractivity contribution in [2.24, 2.45) is 0 Å². The van der Waals surface area contributed by atoms with Gasteiger partial charge in [0.25, 0.3) is 0 Å². The van der Waals surface area contributed by atoms with Crippen molar-refractivity contribution in [1.29, 1.82) is 0 Å². The van der Waals surface area contributed by atoms with Crippen molar-refractivity contribution in [3.63, 3.8) is 0 Å². The molecule has 0 aliphatic rings. The van der Waals surface area contributed by atoms with Gasteiger partial charge in [0.05, 0.1) is 18.6 Å². The van der Waals surface area contributed by atoms with Crippen LogP contribution in [0.1, 0.15) is 33.0 Å². The Morgan fingerprint density at radius 1 is 0.815 bits per heavy atom. The summed E-state index contributed by atoms with van der Waals surface area (Å²) in [5, 5.41) is 3.00. The maximum Gasteiger partial charge on any atom is 0.337 e. The number of carbonyl (C=O) groups is 2. The number of hydrogen-bond donors (Lipinski definition) is 1. The van der Waals surface area contributed by atoms with E-state index in [1.54, 1.807) is 12.1 Å². The number of ether oxygens (including phenoxy) is 1. The van der Waals surface area contributed by atoms with Crippen LogP contribution in [-0.2, 0) is 16.1 Å². The summed E-state index contributed by atoms with van der Waals surface area (Å²) < 4.78 is 4.70. The van der Waals surface area contributed by atoms with Crippen LogP contribution < -0.4 is 5.32 Å². The Kier molecular flexibility index (Phi) is 6.00. The summed E-state index contributed by atoms with van der Waals surface area (Å²) in [6, 6.07) is 26.5. The van der Waals surface area contributed by atoms with Crippen molar-refractivity contribution in [3.8, 4) is 0 Å². The summed E-state index contributed by atoms with van der Waals surface area (Å²) in [5.74, 6) is -0.815. The third-order valence-corrected chi connectivity index (χ3v) is 4.37. The van der Waals surface area contributed by atoms with Crippen molar-refractivity contribution < 1.29 is 14.3 Å². The predicted octanol–water partition coefficient (Wildman–Crippen LogP) is 3.92. The minimum atomic E-state index is -0.376. The van der Waals surface area contributed by atoms with E-state index in [9.17, 15) is 9.59 Å². The van der Waals surface area contributed by atoms with Gasteiger partial charge in [0.1, 0.15) is 0 Å². The Morgan fingerprint density at radius 2 is 1.33 bits per heavy atom. The number of benzene rings is 3. The molecule has 0 saturated heterocycles. The number of esters is 1. The number of hydrogen-bond acceptors (Lipinski definition) is 3. The zero-order chi connectivity index (χ0) is 19.1. The maximum atomic E-state index is 13.0. The van der Waals surface area contributed by atoms with Crippen molar-refractivity contribution in [1.82, 2.24) is 5.32 Å². The Morgan fingerprint density at radius 3 is 1.81 bits per heavy atom. The van der Waals surface area contributed by atoms with Gasteiger partial charge in [-0.05, 0) is 28.8 Å². The highest BCUT2D eigenvalue weighted by Crippen LogP contribution is 2.24. The highest BCUT2D eigenvalue weighted by molar-refractivity contribution is 5.89. The fourth-order valence-corrected chi connectivity index (χ4v) is 2.95. The average molecular weight is 359 g/mol. The Labute approximate surface area is 158 Å². The molecule has 0 bridgehead atoms. The maximum absolute atomic E-state index is 13.0. The van der Waals surface area contributed by atoms with E-state index in [2.05, 4.69) is 5.32 Å². The van der Waals surface area contributed by atoms with Gasteiger partial charge in [0.2, 0.25) is 5.91 Å². The number of methoxy groups -OCH3 is 1. The molecule has 136 valence electrons. The molecule has 0 spiro atoms. The molecule has 4 nitrogen and oxygen atoms in total. The van der Waals surface area contributed by atoms with Crippen molar-refractivity contribution >= 4 is 11.9 Å². The van der Waals surface area contributed by atoms with Crippen LogP contribution in [0.4, 0.5) is 0 Å². The van der Waals surface area contributed by atoms with Crippen LogP contribution in [0.3, 0.4) is 0 Å². The first kappa shape index (κ1) is 18.4. The van der Waals surface area contributed by atoms with E-state index in [-0.39, 0.29) is 17.8 Å². The lowest BCUT2D eigenvalue weighted by molar-refractivity contribution is -0.121. The zero-order valence-electron chi connectivity index (χ0n) is 15.1. The number of carbonyl (C=O) groups excluding carboxylic acids is 2. The van der Waals surface area contributed by atoms with E-state index >= 15 is 0 Å². The highest BCUT2D eigenvalue weighted by atomic mass is 16.5. The molecule has 0 aromatic heterocycles. The smallest absolute Gasteiger partial charge is 0.337 e. The molecule has 4 heteroatoms. The highest BCUT2D eigenvalue weighted by Gasteiger charge is 2.22. The average Bonchev–Trinajstić information content (AvgIpc) is 2.74. The summed E-state index contributed by atoms with van der Waals surface area (Å²) in [5.41, 5.74) is 3.29. The van der Waals surface area contributed by atoms with Gasteiger partial charge >= 0.3 is 5.97 Å². The molecular formula is C23H21NO3. The number of rotatable bonds is 6. The largest absolute Gasteiger partial charge is 0.465 e. The van der Waals surface area contributed by atoms with Gasteiger partial charge < -0.3 is 10.1 Å². The van der Waals surface area contributed by atoms with Crippen LogP contribution in [0, 0.1) is 0 Å². The van der Waals surface area contributed by atoms with Crippen molar-refractivity contribution in [2.45, 2.75) is 12.5 Å². The van der Waals surface area contributed by atoms with Gasteiger partial charge in [-0.1, -0.05) is 72.8 Å². The summed E-state index contributed by atoms with van der Waals surface area (Å²) in [7, 11) is 1.35. The molecule has 0 aliphatic heterocycles. The van der Waals surface area contributed by atoms with Crippen LogP contribution in [0.25, 0.3) is 0 Å². The summed E-state index contributed by atoms with van der Waals surface area (Å²) in [4.78, 5) is 24.5. The molecule has 0 fully saturated rings. The first-order valence-corrected chi connectivity index (χ1v) is 8.74. The molecular weight excluding hydrogens is 338 g/mol. The molecule has 0 saturated carbocycles. The van der Waals surface area contributed by atoms with Gasteiger partial charge in [0, 0.05) is 6.54 Å². The monoisotopic (exact) mass is 359 g/mol. The van der Waals surface area contributed by atoms with Gasteiger partial charge in [-0.25, -0.2) is 4.79 Å². The van der Waals surface area contributed by atoms with Crippen LogP contribution in [-0.4, -0.2) is 19.0 Å². The van der Waals surface area contributed by atoms with Crippen LogP contribution in [0.15, 0.2) is 84.9 Å². The fraction of sp³-hybridized carbons (Fsp3) is 0.130. The topological polar surface area (TPSA) is 55.4 Å². The van der Waals surface area contributed by atoms with Gasteiger partial charge in [0.15, 0.2) is 0 Å². The van der Waals surface area contributed by atoms with E-state index in [1.165, 1.54) is 7.11 Å². The summed E-state index contributed by atoms with van der Waals surface area (Å²) in [6.45, 7) is 0.385. The minimum Gasteiger partial charge on any atom is -0.465 e. The summed E-state index contributed by atoms with van der Waals surface area (Å²) in [6.07, 6.45) is 0. The molecule has 0 heterocycles. The molecule has 0 aliphatic carbocycles. The first-order chi connectivity index (χ1) is 13.2. The van der Waals surface area contributed by atoms with Gasteiger partial charge in [-0.15, -0.1) is 0 Å². The molecule has 1 amide bonds. The third-order valence-electron chi connectivity index (χ3n) is 4.37. The standard InChI is InChI=1S/C23H21NO3/c1-27-23(26)20-14-12-17(13-15-20)16-24-22(25)21(18-8-4-2-5-9-18)19-10-6-3-7-11-19/h2-15,21H,16H2,1H3,(H,24,25). The lowest BCUT2D eigenvalue weighted by Gasteiger charge is -2.18. The number of amides is 1. The molecule has 0 radical (unpaired) electrons. The van der Waals surface area contributed by atoms with E-state index in [0.717, 1.165) is 16.7 Å². The molecule has 3 aromatic rings. The molecule has 0 unspecified atom stereocenters. The van der Waals surface area contributed by atoms with E-state index < -0.39 is 0 Å². The second kappa shape index (κ2) is 8.81. The van der Waals surface area contributed by atoms with Gasteiger partial charge in [-0.3, -0.25) is 4.79 Å². The molecule has 3 aromatic carbocycles. The van der Waals surface area contributed by atoms with Crippen LogP contribution in [0.2, 0.25) is 0 Å². The lowest BCUT2D eigenvalue weighted by Crippen LogP contribution is -2.29. The minimum absolute atomic E-state index is 0.0653. The Bertz CT molecular complexity index is 850. The Balaban J connectivity index is 1.74. The van der Waals surface area contributed by atoms with E-state index in [0.29, 0.717) is 12.1 Å². The quantitative estimate of drug-likeness (QED) is 0.679. The van der Waals surface area contributed by atoms with E-state index in [1.807, 2.05) is 72.8 Å². The number of nitrogens with one attached hydrogen (secondary N) is 1. The second-order valence-corrected chi connectivity index (χ2v) is 6.16. The third kappa shape index (κ3) is 4.61.